The van der Waals surface area contributed by atoms with Gasteiger partial charge in [-0.05, 0) is 64.7 Å². The predicted octanol–water partition coefficient (Wildman–Crippen LogP) is 5.18. The Hall–Kier alpha value is -1.68. The number of carbonyl (C=O) groups excluding carboxylic acids is 1. The van der Waals surface area contributed by atoms with E-state index in [4.69, 9.17) is 0 Å². The third kappa shape index (κ3) is 4.39. The lowest BCUT2D eigenvalue weighted by Gasteiger charge is -2.08. The number of carbonyl (C=O) groups is 1. The van der Waals surface area contributed by atoms with Crippen LogP contribution < -0.4 is 5.32 Å². The van der Waals surface area contributed by atoms with Crippen LogP contribution in [0.5, 0.6) is 0 Å². The van der Waals surface area contributed by atoms with Gasteiger partial charge in [0, 0.05) is 10.2 Å². The molecule has 2 aromatic rings. The third-order valence-corrected chi connectivity index (χ3v) is 3.90. The number of amides is 1. The maximum absolute atomic E-state index is 13.2. The summed E-state index contributed by atoms with van der Waals surface area (Å²) in [5.41, 5.74) is 2.24. The van der Waals surface area contributed by atoms with Crippen molar-refractivity contribution in [3.63, 3.8) is 0 Å². The summed E-state index contributed by atoms with van der Waals surface area (Å²) in [6.45, 7) is 2.16. The van der Waals surface area contributed by atoms with Crippen molar-refractivity contribution >= 4 is 27.5 Å². The van der Waals surface area contributed by atoms with E-state index >= 15 is 0 Å². The van der Waals surface area contributed by atoms with E-state index in [1.165, 1.54) is 23.8 Å². The van der Waals surface area contributed by atoms with Crippen molar-refractivity contribution in [3.8, 4) is 0 Å². The molecular weight excluding hydrogens is 333 g/mol. The molecule has 0 aliphatic heterocycles. The summed E-state index contributed by atoms with van der Waals surface area (Å²) in [4.78, 5) is 12.1. The Bertz CT molecular complexity index is 625. The Morgan fingerprint density at radius 3 is 2.57 bits per heavy atom. The minimum atomic E-state index is -0.432. The van der Waals surface area contributed by atoms with Crippen LogP contribution in [0.4, 0.5) is 10.1 Å². The zero-order chi connectivity index (χ0) is 15.2. The van der Waals surface area contributed by atoms with Gasteiger partial charge in [0.1, 0.15) is 5.82 Å². The fraction of sp³-hybridized carbons (Fsp3) is 0.235. The second-order valence-corrected chi connectivity index (χ2v) is 5.73. The Morgan fingerprint density at radius 1 is 1.19 bits per heavy atom. The van der Waals surface area contributed by atoms with Crippen LogP contribution in [0.2, 0.25) is 0 Å². The summed E-state index contributed by atoms with van der Waals surface area (Å²) in [7, 11) is 0. The van der Waals surface area contributed by atoms with Gasteiger partial charge in [0.05, 0.1) is 5.56 Å². The molecule has 21 heavy (non-hydrogen) atoms. The highest BCUT2D eigenvalue weighted by molar-refractivity contribution is 9.10. The van der Waals surface area contributed by atoms with Gasteiger partial charge in [0.2, 0.25) is 0 Å². The van der Waals surface area contributed by atoms with E-state index in [2.05, 4.69) is 28.2 Å². The number of nitrogens with one attached hydrogen (secondary N) is 1. The van der Waals surface area contributed by atoms with Crippen molar-refractivity contribution in [1.82, 2.24) is 0 Å². The molecular formula is C17H17BrFNO. The number of aryl methyl sites for hydroxylation is 1. The standard InChI is InChI=1S/C17H17BrFNO/c1-2-3-4-12-5-8-14(9-6-12)20-17(21)15-11-13(19)7-10-16(15)18/h5-11H,2-4H2,1H3,(H,20,21). The molecule has 2 rings (SSSR count). The summed E-state index contributed by atoms with van der Waals surface area (Å²) in [6, 6.07) is 11.8. The van der Waals surface area contributed by atoms with E-state index in [-0.39, 0.29) is 11.5 Å². The van der Waals surface area contributed by atoms with E-state index in [9.17, 15) is 9.18 Å². The second-order valence-electron chi connectivity index (χ2n) is 4.88. The number of rotatable bonds is 5. The highest BCUT2D eigenvalue weighted by Crippen LogP contribution is 2.20. The second kappa shape index (κ2) is 7.36. The highest BCUT2D eigenvalue weighted by atomic mass is 79.9. The molecule has 0 saturated carbocycles. The van der Waals surface area contributed by atoms with Crippen molar-refractivity contribution in [1.29, 1.82) is 0 Å². The fourth-order valence-electron chi connectivity index (χ4n) is 2.01. The number of unbranched alkanes of at least 4 members (excludes halogenated alkanes) is 1. The molecule has 1 N–H and O–H groups in total. The molecule has 0 aliphatic rings. The van der Waals surface area contributed by atoms with E-state index in [0.717, 1.165) is 19.3 Å². The van der Waals surface area contributed by atoms with Gasteiger partial charge in [-0.2, -0.15) is 0 Å². The first kappa shape index (κ1) is 15.7. The molecule has 1 amide bonds. The Balaban J connectivity index is 2.07. The molecule has 2 nitrogen and oxygen atoms in total. The zero-order valence-corrected chi connectivity index (χ0v) is 13.4. The SMILES string of the molecule is CCCCc1ccc(NC(=O)c2cc(F)ccc2Br)cc1. The van der Waals surface area contributed by atoms with Crippen molar-refractivity contribution in [2.45, 2.75) is 26.2 Å². The Morgan fingerprint density at radius 2 is 1.90 bits per heavy atom. The number of hydrogen-bond donors (Lipinski definition) is 1. The van der Waals surface area contributed by atoms with Crippen LogP contribution in [-0.2, 0) is 6.42 Å². The molecule has 0 fully saturated rings. The van der Waals surface area contributed by atoms with Crippen LogP contribution in [-0.4, -0.2) is 5.91 Å². The molecule has 0 aromatic heterocycles. The molecule has 0 atom stereocenters. The molecule has 0 spiro atoms. The minimum absolute atomic E-state index is 0.282. The highest BCUT2D eigenvalue weighted by Gasteiger charge is 2.11. The fourth-order valence-corrected chi connectivity index (χ4v) is 2.43. The Kier molecular flexibility index (Phi) is 5.51. The summed E-state index contributed by atoms with van der Waals surface area (Å²) in [5, 5.41) is 2.77. The summed E-state index contributed by atoms with van der Waals surface area (Å²) >= 11 is 3.26. The normalized spacial score (nSPS) is 10.4. The van der Waals surface area contributed by atoms with Gasteiger partial charge in [-0.15, -0.1) is 0 Å². The van der Waals surface area contributed by atoms with Gasteiger partial charge < -0.3 is 5.32 Å². The number of hydrogen-bond acceptors (Lipinski definition) is 1. The van der Waals surface area contributed by atoms with Gasteiger partial charge in [0.15, 0.2) is 0 Å². The van der Waals surface area contributed by atoms with Crippen molar-refractivity contribution < 1.29 is 9.18 Å². The van der Waals surface area contributed by atoms with Gasteiger partial charge in [-0.3, -0.25) is 4.79 Å². The monoisotopic (exact) mass is 349 g/mol. The lowest BCUT2D eigenvalue weighted by molar-refractivity contribution is 0.102. The first-order valence-electron chi connectivity index (χ1n) is 6.95. The van der Waals surface area contributed by atoms with E-state index < -0.39 is 5.82 Å². The van der Waals surface area contributed by atoms with E-state index in [1.807, 2.05) is 24.3 Å². The molecule has 110 valence electrons. The van der Waals surface area contributed by atoms with E-state index in [0.29, 0.717) is 10.2 Å². The van der Waals surface area contributed by atoms with Gasteiger partial charge in [-0.25, -0.2) is 4.39 Å². The molecule has 0 aliphatic carbocycles. The molecule has 2 aromatic carbocycles. The lowest BCUT2D eigenvalue weighted by Crippen LogP contribution is -2.12. The third-order valence-electron chi connectivity index (χ3n) is 3.20. The van der Waals surface area contributed by atoms with Crippen LogP contribution >= 0.6 is 15.9 Å². The number of halogens is 2. The molecule has 0 radical (unpaired) electrons. The molecule has 4 heteroatoms. The smallest absolute Gasteiger partial charge is 0.256 e. The van der Waals surface area contributed by atoms with E-state index in [1.54, 1.807) is 0 Å². The maximum Gasteiger partial charge on any atom is 0.256 e. The van der Waals surface area contributed by atoms with Crippen LogP contribution in [0, 0.1) is 5.82 Å². The van der Waals surface area contributed by atoms with Crippen molar-refractivity contribution in [2.75, 3.05) is 5.32 Å². The average Bonchev–Trinajstić information content (AvgIpc) is 2.49. The lowest BCUT2D eigenvalue weighted by atomic mass is 10.1. The molecule has 0 heterocycles. The van der Waals surface area contributed by atoms with Gasteiger partial charge >= 0.3 is 0 Å². The van der Waals surface area contributed by atoms with Gasteiger partial charge in [-0.1, -0.05) is 25.5 Å². The first-order chi connectivity index (χ1) is 10.1. The quantitative estimate of drug-likeness (QED) is 0.791. The van der Waals surface area contributed by atoms with Gasteiger partial charge in [0.25, 0.3) is 5.91 Å². The van der Waals surface area contributed by atoms with Crippen molar-refractivity contribution in [2.24, 2.45) is 0 Å². The van der Waals surface area contributed by atoms with Crippen LogP contribution in [0.15, 0.2) is 46.9 Å². The summed E-state index contributed by atoms with van der Waals surface area (Å²) < 4.78 is 13.8. The summed E-state index contributed by atoms with van der Waals surface area (Å²) in [5.74, 6) is -0.763. The van der Waals surface area contributed by atoms with Crippen LogP contribution in [0.1, 0.15) is 35.7 Å². The maximum atomic E-state index is 13.2. The van der Waals surface area contributed by atoms with Crippen molar-refractivity contribution in [3.05, 3.63) is 63.9 Å². The first-order valence-corrected chi connectivity index (χ1v) is 7.75. The molecule has 0 bridgehead atoms. The number of benzene rings is 2. The van der Waals surface area contributed by atoms with Crippen LogP contribution in [0.25, 0.3) is 0 Å². The number of anilines is 1. The largest absolute Gasteiger partial charge is 0.322 e. The Labute approximate surface area is 132 Å². The minimum Gasteiger partial charge on any atom is -0.322 e. The molecule has 0 saturated heterocycles. The van der Waals surface area contributed by atoms with Crippen LogP contribution in [0.3, 0.4) is 0 Å². The molecule has 0 unspecified atom stereocenters. The average molecular weight is 350 g/mol. The summed E-state index contributed by atoms with van der Waals surface area (Å²) in [6.07, 6.45) is 3.36. The zero-order valence-electron chi connectivity index (χ0n) is 11.8. The predicted molar refractivity (Wildman–Crippen MR) is 87.1 cm³/mol. The topological polar surface area (TPSA) is 29.1 Å².